The number of ether oxygens (including phenoxy) is 3. The van der Waals surface area contributed by atoms with Gasteiger partial charge in [-0.15, -0.1) is 0 Å². The summed E-state index contributed by atoms with van der Waals surface area (Å²) >= 11 is 0. The summed E-state index contributed by atoms with van der Waals surface area (Å²) in [4.78, 5) is 0. The third-order valence-electron chi connectivity index (χ3n) is 2.44. The van der Waals surface area contributed by atoms with Crippen LogP contribution in [0.3, 0.4) is 0 Å². The van der Waals surface area contributed by atoms with Crippen LogP contribution >= 0.6 is 0 Å². The Morgan fingerprint density at radius 1 is 1.11 bits per heavy atom. The number of anilines is 1. The zero-order valence-corrected chi connectivity index (χ0v) is 10.8. The zero-order chi connectivity index (χ0) is 13.5. The fraction of sp³-hybridized carbons (Fsp3) is 0.500. The van der Waals surface area contributed by atoms with Crippen molar-refractivity contribution in [2.45, 2.75) is 6.10 Å². The Bertz CT molecular complexity index is 358. The second-order valence-electron chi connectivity index (χ2n) is 3.62. The molecule has 18 heavy (non-hydrogen) atoms. The Morgan fingerprint density at radius 2 is 1.67 bits per heavy atom. The van der Waals surface area contributed by atoms with Gasteiger partial charge in [0.15, 0.2) is 0 Å². The Morgan fingerprint density at radius 3 is 2.06 bits per heavy atom. The first-order valence-electron chi connectivity index (χ1n) is 5.49. The molecule has 1 atom stereocenters. The molecule has 6 heteroatoms. The molecule has 0 aliphatic heterocycles. The predicted octanol–water partition coefficient (Wildman–Crippen LogP) is 0.477. The maximum Gasteiger partial charge on any atom is 0.149 e. The summed E-state index contributed by atoms with van der Waals surface area (Å²) in [6, 6.07) is 3.41. The third kappa shape index (κ3) is 3.41. The molecule has 0 saturated carbocycles. The average molecular weight is 257 g/mol. The summed E-state index contributed by atoms with van der Waals surface area (Å²) < 4.78 is 15.6. The summed E-state index contributed by atoms with van der Waals surface area (Å²) in [7, 11) is 4.61. The largest absolute Gasteiger partial charge is 0.496 e. The van der Waals surface area contributed by atoms with Gasteiger partial charge in [-0.3, -0.25) is 0 Å². The van der Waals surface area contributed by atoms with Gasteiger partial charge in [0, 0.05) is 18.7 Å². The van der Waals surface area contributed by atoms with Crippen LogP contribution in [0.4, 0.5) is 5.69 Å². The SMILES string of the molecule is COc1cc(OC)c(NCC(O)CO)c(OC)c1. The van der Waals surface area contributed by atoms with Crippen molar-refractivity contribution in [3.63, 3.8) is 0 Å². The normalized spacial score (nSPS) is 11.8. The lowest BCUT2D eigenvalue weighted by Crippen LogP contribution is -2.23. The van der Waals surface area contributed by atoms with Gasteiger partial charge in [0.25, 0.3) is 0 Å². The molecule has 1 rings (SSSR count). The molecule has 1 aromatic carbocycles. The minimum atomic E-state index is -0.846. The fourth-order valence-electron chi connectivity index (χ4n) is 1.46. The van der Waals surface area contributed by atoms with E-state index in [9.17, 15) is 5.11 Å². The average Bonchev–Trinajstić information content (AvgIpc) is 2.43. The van der Waals surface area contributed by atoms with Crippen molar-refractivity contribution in [2.75, 3.05) is 39.8 Å². The molecule has 0 heterocycles. The molecule has 6 nitrogen and oxygen atoms in total. The van der Waals surface area contributed by atoms with Gasteiger partial charge in [-0.05, 0) is 0 Å². The lowest BCUT2D eigenvalue weighted by atomic mass is 10.2. The third-order valence-corrected chi connectivity index (χ3v) is 2.44. The Hall–Kier alpha value is -1.66. The van der Waals surface area contributed by atoms with Crippen LogP contribution in [0.15, 0.2) is 12.1 Å². The molecule has 0 aliphatic carbocycles. The number of hydrogen-bond acceptors (Lipinski definition) is 6. The molecular formula is C12H19NO5. The van der Waals surface area contributed by atoms with Crippen LogP contribution in [0.2, 0.25) is 0 Å². The molecule has 0 spiro atoms. The molecule has 3 N–H and O–H groups in total. The molecule has 0 aromatic heterocycles. The van der Waals surface area contributed by atoms with E-state index in [2.05, 4.69) is 5.32 Å². The van der Waals surface area contributed by atoms with Gasteiger partial charge in [0.05, 0.1) is 34.0 Å². The monoisotopic (exact) mass is 257 g/mol. The van der Waals surface area contributed by atoms with Crippen LogP contribution in [0.25, 0.3) is 0 Å². The maximum atomic E-state index is 9.33. The minimum absolute atomic E-state index is 0.190. The lowest BCUT2D eigenvalue weighted by Gasteiger charge is -2.17. The van der Waals surface area contributed by atoms with Crippen LogP contribution in [0.5, 0.6) is 17.2 Å². The first-order chi connectivity index (χ1) is 8.65. The van der Waals surface area contributed by atoms with E-state index in [4.69, 9.17) is 19.3 Å². The molecule has 0 bridgehead atoms. The highest BCUT2D eigenvalue weighted by Crippen LogP contribution is 2.38. The van der Waals surface area contributed by atoms with Crippen molar-refractivity contribution in [3.8, 4) is 17.2 Å². The number of aliphatic hydroxyl groups is 2. The highest BCUT2D eigenvalue weighted by Gasteiger charge is 2.14. The Labute approximate surface area is 106 Å². The smallest absolute Gasteiger partial charge is 0.149 e. The van der Waals surface area contributed by atoms with E-state index in [-0.39, 0.29) is 13.2 Å². The Kier molecular flexibility index (Phi) is 5.54. The number of aliphatic hydroxyl groups excluding tert-OH is 2. The quantitative estimate of drug-likeness (QED) is 0.659. The van der Waals surface area contributed by atoms with Gasteiger partial charge in [-0.25, -0.2) is 0 Å². The molecule has 0 fully saturated rings. The second-order valence-corrected chi connectivity index (χ2v) is 3.62. The zero-order valence-electron chi connectivity index (χ0n) is 10.8. The molecule has 0 amide bonds. The molecule has 0 radical (unpaired) electrons. The highest BCUT2D eigenvalue weighted by molar-refractivity contribution is 5.68. The summed E-state index contributed by atoms with van der Waals surface area (Å²) in [6.45, 7) is -0.122. The Balaban J connectivity index is 2.99. The lowest BCUT2D eigenvalue weighted by molar-refractivity contribution is 0.105. The van der Waals surface area contributed by atoms with E-state index in [1.165, 1.54) is 14.2 Å². The van der Waals surface area contributed by atoms with Crippen molar-refractivity contribution < 1.29 is 24.4 Å². The molecule has 1 unspecified atom stereocenters. The van der Waals surface area contributed by atoms with E-state index < -0.39 is 6.10 Å². The van der Waals surface area contributed by atoms with Gasteiger partial charge in [0.1, 0.15) is 22.9 Å². The van der Waals surface area contributed by atoms with Crippen molar-refractivity contribution in [2.24, 2.45) is 0 Å². The van der Waals surface area contributed by atoms with Crippen molar-refractivity contribution in [1.29, 1.82) is 0 Å². The number of nitrogens with one attached hydrogen (secondary N) is 1. The van der Waals surface area contributed by atoms with Gasteiger partial charge >= 0.3 is 0 Å². The molecule has 0 aliphatic rings. The summed E-state index contributed by atoms with van der Waals surface area (Å²) in [6.07, 6.45) is -0.846. The highest BCUT2D eigenvalue weighted by atomic mass is 16.5. The first-order valence-corrected chi connectivity index (χ1v) is 5.49. The van der Waals surface area contributed by atoms with Crippen LogP contribution in [0.1, 0.15) is 0 Å². The summed E-state index contributed by atoms with van der Waals surface area (Å²) in [5.41, 5.74) is 0.605. The van der Waals surface area contributed by atoms with Gasteiger partial charge in [-0.1, -0.05) is 0 Å². The minimum Gasteiger partial charge on any atom is -0.496 e. The van der Waals surface area contributed by atoms with E-state index in [0.717, 1.165) is 0 Å². The van der Waals surface area contributed by atoms with Crippen LogP contribution < -0.4 is 19.5 Å². The predicted molar refractivity (Wildman–Crippen MR) is 67.7 cm³/mol. The van der Waals surface area contributed by atoms with Gasteiger partial charge in [-0.2, -0.15) is 0 Å². The summed E-state index contributed by atoms with van der Waals surface area (Å²) in [5.74, 6) is 1.68. The maximum absolute atomic E-state index is 9.33. The molecule has 102 valence electrons. The number of methoxy groups -OCH3 is 3. The second kappa shape index (κ2) is 6.93. The topological polar surface area (TPSA) is 80.2 Å². The van der Waals surface area contributed by atoms with E-state index in [0.29, 0.717) is 22.9 Å². The van der Waals surface area contributed by atoms with Crippen molar-refractivity contribution in [3.05, 3.63) is 12.1 Å². The van der Waals surface area contributed by atoms with Crippen molar-refractivity contribution in [1.82, 2.24) is 0 Å². The number of benzene rings is 1. The van der Waals surface area contributed by atoms with Gasteiger partial charge in [0.2, 0.25) is 0 Å². The number of hydrogen-bond donors (Lipinski definition) is 3. The van der Waals surface area contributed by atoms with E-state index in [1.54, 1.807) is 19.2 Å². The standard InChI is InChI=1S/C12H19NO5/c1-16-9-4-10(17-2)12(11(5-9)18-3)13-6-8(15)7-14/h4-5,8,13-15H,6-7H2,1-3H3. The first kappa shape index (κ1) is 14.4. The number of rotatable bonds is 7. The van der Waals surface area contributed by atoms with Crippen LogP contribution in [0, 0.1) is 0 Å². The van der Waals surface area contributed by atoms with E-state index >= 15 is 0 Å². The molecule has 0 saturated heterocycles. The van der Waals surface area contributed by atoms with Gasteiger partial charge < -0.3 is 29.7 Å². The van der Waals surface area contributed by atoms with Crippen LogP contribution in [-0.4, -0.2) is 50.8 Å². The molecular weight excluding hydrogens is 238 g/mol. The summed E-state index contributed by atoms with van der Waals surface area (Å²) in [5, 5.41) is 21.1. The van der Waals surface area contributed by atoms with Crippen LogP contribution in [-0.2, 0) is 0 Å². The fourth-order valence-corrected chi connectivity index (χ4v) is 1.46. The van der Waals surface area contributed by atoms with Crippen molar-refractivity contribution >= 4 is 5.69 Å². The molecule has 1 aromatic rings. The van der Waals surface area contributed by atoms with E-state index in [1.807, 2.05) is 0 Å².